The highest BCUT2D eigenvalue weighted by Crippen LogP contribution is 2.37. The molecule has 1 atom stereocenters. The van der Waals surface area contributed by atoms with Gasteiger partial charge in [-0.1, -0.05) is 0 Å². The van der Waals surface area contributed by atoms with Crippen molar-refractivity contribution in [1.82, 2.24) is 19.9 Å². The van der Waals surface area contributed by atoms with Crippen molar-refractivity contribution in [1.29, 1.82) is 0 Å². The van der Waals surface area contributed by atoms with Gasteiger partial charge in [0, 0.05) is 58.5 Å². The molecule has 1 unspecified atom stereocenters. The van der Waals surface area contributed by atoms with Gasteiger partial charge in [-0.25, -0.2) is 9.97 Å². The number of oxazole rings is 1. The molecule has 11 nitrogen and oxygen atoms in total. The third-order valence-corrected chi connectivity index (χ3v) is 6.11. The lowest BCUT2D eigenvalue weighted by atomic mass is 10.2. The zero-order valence-electron chi connectivity index (χ0n) is 22.0. The Morgan fingerprint density at radius 1 is 1.28 bits per heavy atom. The zero-order chi connectivity index (χ0) is 28.7. The lowest BCUT2D eigenvalue weighted by molar-refractivity contribution is -0.105. The number of alkyl halides is 3. The molecule has 2 aliphatic heterocycles. The predicted octanol–water partition coefficient (Wildman–Crippen LogP) is 2.96. The molecular weight excluding hydrogens is 519 g/mol. The number of pyridine rings is 2. The van der Waals surface area contributed by atoms with Crippen molar-refractivity contribution in [2.75, 3.05) is 41.8 Å². The molecule has 3 aromatic rings. The highest BCUT2D eigenvalue weighted by molar-refractivity contribution is 5.93. The number of nitrogens with one attached hydrogen (secondary N) is 2. The number of aryl methyl sites for hydroxylation is 2. The number of carbonyl (C=O) groups excluding carboxylic acids is 2. The van der Waals surface area contributed by atoms with Crippen LogP contribution in [-0.4, -0.2) is 66.3 Å². The summed E-state index contributed by atoms with van der Waals surface area (Å²) < 4.78 is 35.7. The van der Waals surface area contributed by atoms with Crippen LogP contribution in [0.3, 0.4) is 0 Å². The third-order valence-electron chi connectivity index (χ3n) is 6.11. The van der Waals surface area contributed by atoms with Gasteiger partial charge in [0.15, 0.2) is 17.5 Å². The Morgan fingerprint density at radius 3 is 2.62 bits per heavy atom. The monoisotopic (exact) mass is 549 g/mol. The fourth-order valence-corrected chi connectivity index (χ4v) is 4.28. The highest BCUT2D eigenvalue weighted by Gasteiger charge is 2.35. The molecule has 0 saturated carbocycles. The minimum Gasteiger partial charge on any atom is -0.441 e. The van der Waals surface area contributed by atoms with E-state index >= 15 is 0 Å². The first-order chi connectivity index (χ1) is 18.5. The molecule has 1 saturated heterocycles. The Balaban J connectivity index is 0.000000190. The highest BCUT2D eigenvalue weighted by atomic mass is 19.4. The standard InChI is InChI=1S/C13H18N4O.C11H11N3O3.CHF3/c1-3-14-13(18)10-4-5-11-12(15-10)16(2)9-6-7-17(11)8-9;1-7-12-4-10(17-7)8-3-9(13-6-15)11(16)14(2)5-8;2-1(3)4/h4-5,9H,3,6-8H2,1-2H3,(H,14,18);3-6H,1-2H3,(H,13,15);1H. The summed E-state index contributed by atoms with van der Waals surface area (Å²) in [4.78, 5) is 46.9. The van der Waals surface area contributed by atoms with Gasteiger partial charge in [-0.3, -0.25) is 14.4 Å². The van der Waals surface area contributed by atoms with Crippen LogP contribution in [0.2, 0.25) is 0 Å². The van der Waals surface area contributed by atoms with Gasteiger partial charge in [0.1, 0.15) is 11.4 Å². The molecule has 0 spiro atoms. The van der Waals surface area contributed by atoms with Crippen molar-refractivity contribution in [3.05, 3.63) is 52.5 Å². The molecule has 2 aliphatic rings. The van der Waals surface area contributed by atoms with Gasteiger partial charge in [-0.05, 0) is 31.5 Å². The summed E-state index contributed by atoms with van der Waals surface area (Å²) in [6.45, 7) is 2.77. The quantitative estimate of drug-likeness (QED) is 0.466. The van der Waals surface area contributed by atoms with Crippen molar-refractivity contribution < 1.29 is 27.2 Å². The van der Waals surface area contributed by atoms with Crippen molar-refractivity contribution >= 4 is 29.5 Å². The predicted molar refractivity (Wildman–Crippen MR) is 140 cm³/mol. The van der Waals surface area contributed by atoms with Gasteiger partial charge in [0.25, 0.3) is 11.5 Å². The maximum Gasteiger partial charge on any atom is 0.379 e. The van der Waals surface area contributed by atoms with Crippen LogP contribution < -0.4 is 26.0 Å². The number of rotatable bonds is 5. The molecule has 39 heavy (non-hydrogen) atoms. The van der Waals surface area contributed by atoms with E-state index in [1.807, 2.05) is 19.1 Å². The first-order valence-electron chi connectivity index (χ1n) is 12.1. The Kier molecular flexibility index (Phi) is 9.68. The van der Waals surface area contributed by atoms with Crippen LogP contribution in [0.15, 0.2) is 39.8 Å². The molecule has 5 rings (SSSR count). The number of amides is 2. The average molecular weight is 550 g/mol. The summed E-state index contributed by atoms with van der Waals surface area (Å²) in [6.07, 6.45) is 4.83. The number of nitrogens with zero attached hydrogens (tertiary/aromatic N) is 5. The van der Waals surface area contributed by atoms with Gasteiger partial charge >= 0.3 is 6.68 Å². The smallest absolute Gasteiger partial charge is 0.379 e. The van der Waals surface area contributed by atoms with Gasteiger partial charge in [-0.15, -0.1) is 0 Å². The van der Waals surface area contributed by atoms with E-state index < -0.39 is 6.68 Å². The summed E-state index contributed by atoms with van der Waals surface area (Å²) in [7, 11) is 3.67. The van der Waals surface area contributed by atoms with Crippen molar-refractivity contribution in [3.8, 4) is 11.3 Å². The van der Waals surface area contributed by atoms with E-state index in [4.69, 9.17) is 4.42 Å². The fourth-order valence-electron chi connectivity index (χ4n) is 4.28. The lowest BCUT2D eigenvalue weighted by Gasteiger charge is -2.34. The Morgan fingerprint density at radius 2 is 2.00 bits per heavy atom. The second-order valence-electron chi connectivity index (χ2n) is 8.71. The van der Waals surface area contributed by atoms with E-state index in [1.165, 1.54) is 11.0 Å². The second kappa shape index (κ2) is 12.9. The minimum atomic E-state index is -3.67. The van der Waals surface area contributed by atoms with Crippen LogP contribution in [0.4, 0.5) is 30.4 Å². The van der Waals surface area contributed by atoms with Crippen LogP contribution in [0.1, 0.15) is 29.7 Å². The summed E-state index contributed by atoms with van der Waals surface area (Å²) in [5.74, 6) is 1.93. The van der Waals surface area contributed by atoms with Gasteiger partial charge in [0.05, 0.1) is 11.9 Å². The topological polar surface area (TPSA) is 126 Å². The Bertz CT molecular complexity index is 1360. The van der Waals surface area contributed by atoms with E-state index in [0.717, 1.165) is 24.6 Å². The number of hydrogen-bond donors (Lipinski definition) is 2. The van der Waals surface area contributed by atoms with Gasteiger partial charge in [0.2, 0.25) is 6.41 Å². The summed E-state index contributed by atoms with van der Waals surface area (Å²) in [5.41, 5.74) is 2.26. The minimum absolute atomic E-state index is 0.0957. The van der Waals surface area contributed by atoms with E-state index in [0.29, 0.717) is 41.9 Å². The Labute approximate surface area is 222 Å². The molecule has 3 aromatic heterocycles. The third kappa shape index (κ3) is 7.15. The van der Waals surface area contributed by atoms with Gasteiger partial charge in [-0.2, -0.15) is 13.2 Å². The van der Waals surface area contributed by atoms with E-state index in [1.54, 1.807) is 32.4 Å². The molecule has 210 valence electrons. The molecular formula is C25H30F3N7O4. The van der Waals surface area contributed by atoms with Crippen LogP contribution in [0.5, 0.6) is 0 Å². The number of halogens is 3. The van der Waals surface area contributed by atoms with E-state index in [9.17, 15) is 27.6 Å². The summed E-state index contributed by atoms with van der Waals surface area (Å²) in [5, 5.41) is 5.15. The molecule has 0 aromatic carbocycles. The molecule has 14 heteroatoms. The van der Waals surface area contributed by atoms with Gasteiger partial charge < -0.3 is 29.4 Å². The SMILES string of the molecule is CCNC(=O)c1ccc2c(n1)N(C)C1CCN2C1.Cc1ncc(-c2cc(NC=O)c(=O)n(C)c2)o1.FC(F)F. The summed E-state index contributed by atoms with van der Waals surface area (Å²) in [6, 6.07) is 5.92. The molecule has 2 N–H and O–H groups in total. The van der Waals surface area contributed by atoms with E-state index in [2.05, 4.69) is 37.4 Å². The number of aromatic nitrogens is 3. The number of anilines is 3. The number of carbonyl (C=O) groups is 2. The molecule has 2 amide bonds. The first-order valence-corrected chi connectivity index (χ1v) is 12.1. The largest absolute Gasteiger partial charge is 0.441 e. The molecule has 1 fully saturated rings. The maximum atomic E-state index is 11.8. The molecule has 5 heterocycles. The average Bonchev–Trinajstić information content (AvgIpc) is 3.53. The van der Waals surface area contributed by atoms with Crippen molar-refractivity contribution in [2.45, 2.75) is 33.0 Å². The first kappa shape index (κ1) is 29.2. The summed E-state index contributed by atoms with van der Waals surface area (Å²) >= 11 is 0. The Hall–Kier alpha value is -4.36. The number of hydrogen-bond acceptors (Lipinski definition) is 8. The fraction of sp³-hybridized carbons (Fsp3) is 0.400. The molecule has 0 radical (unpaired) electrons. The zero-order valence-corrected chi connectivity index (χ0v) is 22.0. The normalized spacial score (nSPS) is 15.0. The van der Waals surface area contributed by atoms with Crippen molar-refractivity contribution in [3.63, 3.8) is 0 Å². The molecule has 0 aliphatic carbocycles. The van der Waals surface area contributed by atoms with Crippen LogP contribution in [-0.2, 0) is 11.8 Å². The van der Waals surface area contributed by atoms with Crippen LogP contribution >= 0.6 is 0 Å². The number of likely N-dealkylation sites (N-methyl/N-ethyl adjacent to an activating group) is 1. The van der Waals surface area contributed by atoms with Crippen molar-refractivity contribution in [2.24, 2.45) is 7.05 Å². The second-order valence-corrected chi connectivity index (χ2v) is 8.71. The van der Waals surface area contributed by atoms with Crippen LogP contribution in [0.25, 0.3) is 11.3 Å². The molecule has 2 bridgehead atoms. The van der Waals surface area contributed by atoms with Crippen LogP contribution in [0, 0.1) is 6.92 Å². The number of fused-ring (bicyclic) bond motifs is 4. The lowest BCUT2D eigenvalue weighted by Crippen LogP contribution is -2.40. The maximum absolute atomic E-state index is 11.8. The van der Waals surface area contributed by atoms with E-state index in [-0.39, 0.29) is 17.2 Å².